The van der Waals surface area contributed by atoms with Crippen molar-refractivity contribution in [1.29, 1.82) is 0 Å². The summed E-state index contributed by atoms with van der Waals surface area (Å²) in [5.74, 6) is -0.533. The minimum absolute atomic E-state index is 0.0245. The number of carbonyl (C=O) groups excluding carboxylic acids is 2. The molecule has 1 fully saturated rings. The molecule has 1 N–H and O–H groups in total. The van der Waals surface area contributed by atoms with Gasteiger partial charge in [-0.3, -0.25) is 9.59 Å². The van der Waals surface area contributed by atoms with Crippen LogP contribution in [0.25, 0.3) is 0 Å². The Hall–Kier alpha value is -1.96. The standard InChI is InChI=1S/C19H18FIN2O2/c20-14-7-5-13(6-8-14)18(24)22-15-9-11-23(12-10-15)19(25)16-3-1-2-4-17(16)21/h1-8,15H,9-12H2,(H,22,24). The van der Waals surface area contributed by atoms with Crippen molar-refractivity contribution in [2.24, 2.45) is 0 Å². The molecule has 0 atom stereocenters. The van der Waals surface area contributed by atoms with Crippen LogP contribution in [-0.4, -0.2) is 35.8 Å². The predicted octanol–water partition coefficient (Wildman–Crippen LogP) is 3.46. The number of rotatable bonds is 3. The molecule has 2 amide bonds. The quantitative estimate of drug-likeness (QED) is 0.726. The summed E-state index contributed by atoms with van der Waals surface area (Å²) < 4.78 is 13.9. The molecule has 0 aromatic heterocycles. The maximum absolute atomic E-state index is 12.9. The van der Waals surface area contributed by atoms with Gasteiger partial charge >= 0.3 is 0 Å². The van der Waals surface area contributed by atoms with Crippen molar-refractivity contribution >= 4 is 34.4 Å². The predicted molar refractivity (Wildman–Crippen MR) is 102 cm³/mol. The monoisotopic (exact) mass is 452 g/mol. The van der Waals surface area contributed by atoms with E-state index in [4.69, 9.17) is 0 Å². The van der Waals surface area contributed by atoms with Crippen molar-refractivity contribution in [3.05, 3.63) is 69.0 Å². The SMILES string of the molecule is O=C(NC1CCN(C(=O)c2ccccc2I)CC1)c1ccc(F)cc1. The molecule has 1 aliphatic heterocycles. The van der Waals surface area contributed by atoms with Gasteiger partial charge in [-0.2, -0.15) is 0 Å². The van der Waals surface area contributed by atoms with E-state index < -0.39 is 0 Å². The van der Waals surface area contributed by atoms with Crippen LogP contribution in [0, 0.1) is 9.39 Å². The number of benzene rings is 2. The van der Waals surface area contributed by atoms with Gasteiger partial charge in [0.25, 0.3) is 11.8 Å². The number of likely N-dealkylation sites (tertiary alicyclic amines) is 1. The number of nitrogens with one attached hydrogen (secondary N) is 1. The molecular weight excluding hydrogens is 434 g/mol. The van der Waals surface area contributed by atoms with Gasteiger partial charge in [-0.05, 0) is 71.8 Å². The van der Waals surface area contributed by atoms with Crippen LogP contribution in [0.5, 0.6) is 0 Å². The first-order chi connectivity index (χ1) is 12.0. The lowest BCUT2D eigenvalue weighted by molar-refractivity contribution is 0.0697. The normalized spacial score (nSPS) is 15.0. The number of piperidine rings is 1. The summed E-state index contributed by atoms with van der Waals surface area (Å²) in [6.07, 6.45) is 1.42. The van der Waals surface area contributed by atoms with Gasteiger partial charge in [0.05, 0.1) is 5.56 Å². The molecule has 0 aliphatic carbocycles. The molecule has 0 saturated carbocycles. The van der Waals surface area contributed by atoms with Crippen molar-refractivity contribution in [1.82, 2.24) is 10.2 Å². The molecule has 1 heterocycles. The third-order valence-electron chi connectivity index (χ3n) is 4.33. The van der Waals surface area contributed by atoms with Crippen LogP contribution < -0.4 is 5.32 Å². The Morgan fingerprint density at radius 1 is 1.04 bits per heavy atom. The van der Waals surface area contributed by atoms with Crippen molar-refractivity contribution in [3.8, 4) is 0 Å². The van der Waals surface area contributed by atoms with Crippen molar-refractivity contribution in [2.45, 2.75) is 18.9 Å². The highest BCUT2D eigenvalue weighted by Gasteiger charge is 2.25. The van der Waals surface area contributed by atoms with Crippen LogP contribution >= 0.6 is 22.6 Å². The molecular formula is C19H18FIN2O2. The van der Waals surface area contributed by atoms with Gasteiger partial charge in [0, 0.05) is 28.3 Å². The molecule has 2 aromatic rings. The van der Waals surface area contributed by atoms with E-state index >= 15 is 0 Å². The van der Waals surface area contributed by atoms with Gasteiger partial charge in [-0.25, -0.2) is 4.39 Å². The number of halogens is 2. The van der Waals surface area contributed by atoms with Crippen LogP contribution in [0.2, 0.25) is 0 Å². The zero-order valence-corrected chi connectivity index (χ0v) is 15.7. The summed E-state index contributed by atoms with van der Waals surface area (Å²) in [4.78, 5) is 26.6. The Labute approximate surface area is 159 Å². The largest absolute Gasteiger partial charge is 0.349 e. The molecule has 2 aromatic carbocycles. The lowest BCUT2D eigenvalue weighted by atomic mass is 10.0. The Kier molecular flexibility index (Phi) is 5.67. The molecule has 6 heteroatoms. The molecule has 4 nitrogen and oxygen atoms in total. The number of hydrogen-bond donors (Lipinski definition) is 1. The Bertz CT molecular complexity index is 771. The number of nitrogens with zero attached hydrogens (tertiary/aromatic N) is 1. The molecule has 1 aliphatic rings. The van der Waals surface area contributed by atoms with Crippen molar-refractivity contribution in [3.63, 3.8) is 0 Å². The Balaban J connectivity index is 1.55. The topological polar surface area (TPSA) is 49.4 Å². The van der Waals surface area contributed by atoms with Crippen LogP contribution in [0.3, 0.4) is 0 Å². The van der Waals surface area contributed by atoms with Crippen molar-refractivity contribution in [2.75, 3.05) is 13.1 Å². The minimum Gasteiger partial charge on any atom is -0.349 e. The fraction of sp³-hybridized carbons (Fsp3) is 0.263. The highest BCUT2D eigenvalue weighted by molar-refractivity contribution is 14.1. The maximum Gasteiger partial charge on any atom is 0.254 e. The van der Waals surface area contributed by atoms with Crippen LogP contribution in [0.4, 0.5) is 4.39 Å². The molecule has 3 rings (SSSR count). The fourth-order valence-electron chi connectivity index (χ4n) is 2.90. The summed E-state index contributed by atoms with van der Waals surface area (Å²) in [6.45, 7) is 1.22. The van der Waals surface area contributed by atoms with Gasteiger partial charge in [-0.1, -0.05) is 12.1 Å². The molecule has 130 valence electrons. The van der Waals surface area contributed by atoms with E-state index in [9.17, 15) is 14.0 Å². The van der Waals surface area contributed by atoms with E-state index in [-0.39, 0.29) is 23.7 Å². The van der Waals surface area contributed by atoms with Gasteiger partial charge in [0.1, 0.15) is 5.82 Å². The maximum atomic E-state index is 12.9. The zero-order chi connectivity index (χ0) is 17.8. The molecule has 0 radical (unpaired) electrons. The Morgan fingerprint density at radius 2 is 1.68 bits per heavy atom. The zero-order valence-electron chi connectivity index (χ0n) is 13.5. The number of hydrogen-bond acceptors (Lipinski definition) is 2. The van der Waals surface area contributed by atoms with Gasteiger partial charge < -0.3 is 10.2 Å². The van der Waals surface area contributed by atoms with Crippen LogP contribution in [-0.2, 0) is 0 Å². The molecule has 0 unspecified atom stereocenters. The smallest absolute Gasteiger partial charge is 0.254 e. The lowest BCUT2D eigenvalue weighted by Gasteiger charge is -2.32. The third-order valence-corrected chi connectivity index (χ3v) is 5.27. The lowest BCUT2D eigenvalue weighted by Crippen LogP contribution is -2.46. The first kappa shape index (κ1) is 17.8. The van der Waals surface area contributed by atoms with Gasteiger partial charge in [0.2, 0.25) is 0 Å². The molecule has 25 heavy (non-hydrogen) atoms. The van der Waals surface area contributed by atoms with E-state index in [0.29, 0.717) is 31.5 Å². The van der Waals surface area contributed by atoms with E-state index in [1.54, 1.807) is 0 Å². The average molecular weight is 452 g/mol. The van der Waals surface area contributed by atoms with E-state index in [1.165, 1.54) is 24.3 Å². The first-order valence-electron chi connectivity index (χ1n) is 8.15. The molecule has 0 bridgehead atoms. The number of carbonyl (C=O) groups is 2. The second-order valence-corrected chi connectivity index (χ2v) is 7.19. The third kappa shape index (κ3) is 4.36. The van der Waals surface area contributed by atoms with Gasteiger partial charge in [0.15, 0.2) is 0 Å². The van der Waals surface area contributed by atoms with Crippen molar-refractivity contribution < 1.29 is 14.0 Å². The number of amides is 2. The Morgan fingerprint density at radius 3 is 2.32 bits per heavy atom. The summed E-state index contributed by atoms with van der Waals surface area (Å²) >= 11 is 2.17. The summed E-state index contributed by atoms with van der Waals surface area (Å²) in [5, 5.41) is 2.96. The minimum atomic E-state index is -0.362. The van der Waals surface area contributed by atoms with E-state index in [0.717, 1.165) is 9.13 Å². The second-order valence-electron chi connectivity index (χ2n) is 6.03. The van der Waals surface area contributed by atoms with Gasteiger partial charge in [-0.15, -0.1) is 0 Å². The highest BCUT2D eigenvalue weighted by atomic mass is 127. The van der Waals surface area contributed by atoms with Crippen LogP contribution in [0.1, 0.15) is 33.6 Å². The average Bonchev–Trinajstić information content (AvgIpc) is 2.63. The fourth-order valence-corrected chi connectivity index (χ4v) is 3.52. The van der Waals surface area contributed by atoms with Crippen LogP contribution in [0.15, 0.2) is 48.5 Å². The molecule has 1 saturated heterocycles. The summed E-state index contributed by atoms with van der Waals surface area (Å²) in [7, 11) is 0. The first-order valence-corrected chi connectivity index (χ1v) is 9.22. The highest BCUT2D eigenvalue weighted by Crippen LogP contribution is 2.18. The summed E-state index contributed by atoms with van der Waals surface area (Å²) in [6, 6.07) is 13.1. The van der Waals surface area contributed by atoms with E-state index in [1.807, 2.05) is 29.2 Å². The molecule has 0 spiro atoms. The second kappa shape index (κ2) is 7.95. The van der Waals surface area contributed by atoms with E-state index in [2.05, 4.69) is 27.9 Å². The summed E-state index contributed by atoms with van der Waals surface area (Å²) in [5.41, 5.74) is 1.16.